The molecule has 2 amide bonds. The first-order valence-electron chi connectivity index (χ1n) is 8.79. The minimum atomic E-state index is -0.417. The number of thiophene rings is 1. The predicted molar refractivity (Wildman–Crippen MR) is 104 cm³/mol. The molecule has 8 heteroatoms. The van der Waals surface area contributed by atoms with Crippen LogP contribution in [0.2, 0.25) is 0 Å². The highest BCUT2D eigenvalue weighted by Gasteiger charge is 2.27. The molecule has 0 bridgehead atoms. The Morgan fingerprint density at radius 1 is 1.25 bits per heavy atom. The first-order valence-corrected chi connectivity index (χ1v) is 9.60. The van der Waals surface area contributed by atoms with E-state index in [9.17, 15) is 19.6 Å². The van der Waals surface area contributed by atoms with Gasteiger partial charge in [-0.3, -0.25) is 14.4 Å². The minimum absolute atomic E-state index is 0.0466. The van der Waals surface area contributed by atoms with Gasteiger partial charge >= 0.3 is 5.97 Å². The van der Waals surface area contributed by atoms with E-state index in [0.29, 0.717) is 35.6 Å². The number of ether oxygens (including phenoxy) is 1. The molecule has 0 atom stereocenters. The number of amides is 2. The normalized spacial score (nSPS) is 12.6. The largest absolute Gasteiger partial charge is 0.469 e. The van der Waals surface area contributed by atoms with Crippen molar-refractivity contribution in [3.8, 4) is 6.07 Å². The van der Waals surface area contributed by atoms with Gasteiger partial charge in [-0.05, 0) is 24.1 Å². The molecule has 0 saturated heterocycles. The van der Waals surface area contributed by atoms with Crippen molar-refractivity contribution in [2.45, 2.75) is 25.8 Å². The van der Waals surface area contributed by atoms with Crippen LogP contribution in [0.4, 0.5) is 5.00 Å². The highest BCUT2D eigenvalue weighted by Crippen LogP contribution is 2.37. The number of nitrogens with zero attached hydrogens (tertiary/aromatic N) is 2. The van der Waals surface area contributed by atoms with Gasteiger partial charge in [0, 0.05) is 23.4 Å². The third kappa shape index (κ3) is 4.21. The Labute approximate surface area is 166 Å². The lowest BCUT2D eigenvalue weighted by Crippen LogP contribution is -2.35. The Morgan fingerprint density at radius 3 is 2.68 bits per heavy atom. The van der Waals surface area contributed by atoms with E-state index in [0.717, 1.165) is 10.4 Å². The molecular weight excluding hydrogens is 378 g/mol. The summed E-state index contributed by atoms with van der Waals surface area (Å²) < 4.78 is 4.57. The summed E-state index contributed by atoms with van der Waals surface area (Å²) in [7, 11) is 1.29. The molecule has 1 N–H and O–H groups in total. The molecule has 0 radical (unpaired) electrons. The van der Waals surface area contributed by atoms with Gasteiger partial charge in [0.05, 0.1) is 25.6 Å². The third-order valence-electron chi connectivity index (χ3n) is 4.56. The number of hydrogen-bond donors (Lipinski definition) is 1. The number of hydrogen-bond acceptors (Lipinski definition) is 6. The number of anilines is 1. The second kappa shape index (κ2) is 8.67. The van der Waals surface area contributed by atoms with Gasteiger partial charge in [0.25, 0.3) is 5.91 Å². The van der Waals surface area contributed by atoms with Crippen LogP contribution in [0.1, 0.15) is 39.2 Å². The van der Waals surface area contributed by atoms with Gasteiger partial charge in [0.1, 0.15) is 11.1 Å². The number of carbonyl (C=O) groups is 3. The molecular formula is C20H19N3O4S. The molecule has 7 nitrogen and oxygen atoms in total. The number of benzene rings is 1. The first-order chi connectivity index (χ1) is 13.5. The van der Waals surface area contributed by atoms with E-state index in [1.807, 2.05) is 6.07 Å². The van der Waals surface area contributed by atoms with Gasteiger partial charge in [0.15, 0.2) is 0 Å². The fourth-order valence-electron chi connectivity index (χ4n) is 3.06. The van der Waals surface area contributed by atoms with Crippen molar-refractivity contribution in [2.24, 2.45) is 0 Å². The molecule has 144 valence electrons. The Hall–Kier alpha value is -3.18. The average Bonchev–Trinajstić information content (AvgIpc) is 3.08. The summed E-state index contributed by atoms with van der Waals surface area (Å²) in [6.45, 7) is 0.848. The Morgan fingerprint density at radius 2 is 2.00 bits per heavy atom. The second-order valence-electron chi connectivity index (χ2n) is 6.28. The molecule has 1 aliphatic rings. The lowest BCUT2D eigenvalue weighted by molar-refractivity contribution is -0.143. The zero-order chi connectivity index (χ0) is 20.1. The highest BCUT2D eigenvalue weighted by atomic mass is 32.1. The monoisotopic (exact) mass is 397 g/mol. The van der Waals surface area contributed by atoms with Crippen molar-refractivity contribution in [1.29, 1.82) is 5.26 Å². The SMILES string of the molecule is COC(=O)CCC(=O)N1CCc2c(sc(NC(=O)c3ccccc3)c2C#N)C1. The number of fused-ring (bicyclic) bond motifs is 1. The molecule has 2 aromatic rings. The summed E-state index contributed by atoms with van der Waals surface area (Å²) in [4.78, 5) is 38.6. The van der Waals surface area contributed by atoms with Gasteiger partial charge in [-0.25, -0.2) is 0 Å². The first kappa shape index (κ1) is 19.6. The van der Waals surface area contributed by atoms with Gasteiger partial charge in [-0.1, -0.05) is 18.2 Å². The van der Waals surface area contributed by atoms with Crippen LogP contribution in [0, 0.1) is 11.3 Å². The molecule has 2 heterocycles. The lowest BCUT2D eigenvalue weighted by Gasteiger charge is -2.26. The Balaban J connectivity index is 1.73. The van der Waals surface area contributed by atoms with Crippen molar-refractivity contribution in [2.75, 3.05) is 19.0 Å². The molecule has 1 aromatic heterocycles. The van der Waals surface area contributed by atoms with Crippen LogP contribution in [-0.2, 0) is 27.3 Å². The molecule has 28 heavy (non-hydrogen) atoms. The van der Waals surface area contributed by atoms with Crippen molar-refractivity contribution >= 4 is 34.1 Å². The van der Waals surface area contributed by atoms with Crippen LogP contribution in [0.15, 0.2) is 30.3 Å². The van der Waals surface area contributed by atoms with Crippen LogP contribution in [0.25, 0.3) is 0 Å². The number of esters is 1. The third-order valence-corrected chi connectivity index (χ3v) is 5.69. The fraction of sp³-hybridized carbons (Fsp3) is 0.300. The number of nitrogens with one attached hydrogen (secondary N) is 1. The summed E-state index contributed by atoms with van der Waals surface area (Å²) in [6, 6.07) is 11.0. The molecule has 0 fully saturated rings. The number of methoxy groups -OCH3 is 1. The van der Waals surface area contributed by atoms with Gasteiger partial charge < -0.3 is 15.0 Å². The topological polar surface area (TPSA) is 99.5 Å². The summed E-state index contributed by atoms with van der Waals surface area (Å²) in [5.74, 6) is -0.820. The number of rotatable bonds is 5. The average molecular weight is 397 g/mol. The van der Waals surface area contributed by atoms with E-state index >= 15 is 0 Å². The minimum Gasteiger partial charge on any atom is -0.469 e. The van der Waals surface area contributed by atoms with E-state index in [-0.39, 0.29) is 24.7 Å². The maximum atomic E-state index is 12.4. The molecule has 1 aromatic carbocycles. The van der Waals surface area contributed by atoms with Crippen LogP contribution in [-0.4, -0.2) is 36.3 Å². The molecule has 0 saturated carbocycles. The second-order valence-corrected chi connectivity index (χ2v) is 7.39. The molecule has 0 spiro atoms. The van der Waals surface area contributed by atoms with Gasteiger partial charge in [0.2, 0.25) is 5.91 Å². The Kier molecular flexibility index (Phi) is 6.06. The van der Waals surface area contributed by atoms with E-state index in [2.05, 4.69) is 16.1 Å². The van der Waals surface area contributed by atoms with Gasteiger partial charge in [-0.2, -0.15) is 5.26 Å². The molecule has 1 aliphatic heterocycles. The maximum absolute atomic E-state index is 12.4. The van der Waals surface area contributed by atoms with Crippen LogP contribution in [0.5, 0.6) is 0 Å². The van der Waals surface area contributed by atoms with E-state index in [1.165, 1.54) is 18.4 Å². The highest BCUT2D eigenvalue weighted by molar-refractivity contribution is 7.16. The van der Waals surface area contributed by atoms with E-state index in [1.54, 1.807) is 29.2 Å². The molecule has 0 unspecified atom stereocenters. The predicted octanol–water partition coefficient (Wildman–Crippen LogP) is 2.71. The zero-order valence-electron chi connectivity index (χ0n) is 15.4. The molecule has 0 aliphatic carbocycles. The van der Waals surface area contributed by atoms with E-state index < -0.39 is 5.97 Å². The maximum Gasteiger partial charge on any atom is 0.306 e. The van der Waals surface area contributed by atoms with Crippen LogP contribution < -0.4 is 5.32 Å². The summed E-state index contributed by atoms with van der Waals surface area (Å²) in [6.07, 6.45) is 0.681. The summed E-state index contributed by atoms with van der Waals surface area (Å²) in [5.41, 5.74) is 1.86. The standard InChI is InChI=1S/C20H19N3O4S/c1-27-18(25)8-7-17(24)23-10-9-14-15(11-21)20(28-16(14)12-23)22-19(26)13-5-3-2-4-6-13/h2-6H,7-10,12H2,1H3,(H,22,26). The van der Waals surface area contributed by atoms with E-state index in [4.69, 9.17) is 0 Å². The lowest BCUT2D eigenvalue weighted by atomic mass is 10.0. The molecule has 3 rings (SSSR count). The number of nitriles is 1. The van der Waals surface area contributed by atoms with Crippen LogP contribution in [0.3, 0.4) is 0 Å². The fourth-order valence-corrected chi connectivity index (χ4v) is 4.27. The Bertz CT molecular complexity index is 946. The number of carbonyl (C=O) groups excluding carboxylic acids is 3. The van der Waals surface area contributed by atoms with Gasteiger partial charge in [-0.15, -0.1) is 11.3 Å². The van der Waals surface area contributed by atoms with Crippen molar-refractivity contribution in [3.63, 3.8) is 0 Å². The quantitative estimate of drug-likeness (QED) is 0.782. The smallest absolute Gasteiger partial charge is 0.306 e. The zero-order valence-corrected chi connectivity index (χ0v) is 16.2. The van der Waals surface area contributed by atoms with Crippen molar-refractivity contribution in [1.82, 2.24) is 4.90 Å². The summed E-state index contributed by atoms with van der Waals surface area (Å²) >= 11 is 1.32. The van der Waals surface area contributed by atoms with Crippen LogP contribution >= 0.6 is 11.3 Å². The summed E-state index contributed by atoms with van der Waals surface area (Å²) in [5, 5.41) is 12.9. The van der Waals surface area contributed by atoms with Crippen molar-refractivity contribution < 1.29 is 19.1 Å². The van der Waals surface area contributed by atoms with Crippen molar-refractivity contribution in [3.05, 3.63) is 51.9 Å².